The van der Waals surface area contributed by atoms with E-state index >= 15 is 0 Å². The number of methoxy groups -OCH3 is 1. The molecule has 0 spiro atoms. The molecule has 1 saturated heterocycles. The molecule has 0 aliphatic carbocycles. The largest absolute Gasteiger partial charge is 0.383 e. The number of hydrogen-bond donors (Lipinski definition) is 1. The number of morpholine rings is 1. The molecule has 8 heteroatoms. The van der Waals surface area contributed by atoms with Crippen LogP contribution < -0.4 is 5.32 Å². The molecule has 1 fully saturated rings. The lowest BCUT2D eigenvalue weighted by Gasteiger charge is -2.42. The molecule has 0 bridgehead atoms. The number of carbonyl (C=O) groups excluding carboxylic acids is 2. The summed E-state index contributed by atoms with van der Waals surface area (Å²) in [5, 5.41) is 3.08. The number of fused-ring (bicyclic) bond motifs is 1. The van der Waals surface area contributed by atoms with Gasteiger partial charge in [-0.15, -0.1) is 0 Å². The molecule has 4 rings (SSSR count). The minimum atomic E-state index is -0.620. The van der Waals surface area contributed by atoms with Gasteiger partial charge in [0.15, 0.2) is 0 Å². The van der Waals surface area contributed by atoms with Gasteiger partial charge in [0.1, 0.15) is 5.82 Å². The SMILES string of the molecule is COCCN1C(=O)c2ccccc2[C@@H](C(=O)NCCN2CCOCC2)[C@@H]1c1ccc(F)cc1. The van der Waals surface area contributed by atoms with Crippen LogP contribution in [-0.2, 0) is 14.3 Å². The predicted molar refractivity (Wildman–Crippen MR) is 122 cm³/mol. The van der Waals surface area contributed by atoms with Crippen molar-refractivity contribution in [3.05, 3.63) is 71.0 Å². The zero-order valence-corrected chi connectivity index (χ0v) is 18.8. The van der Waals surface area contributed by atoms with Gasteiger partial charge < -0.3 is 19.7 Å². The van der Waals surface area contributed by atoms with Crippen LogP contribution in [-0.4, -0.2) is 81.3 Å². The number of rotatable bonds is 8. The van der Waals surface area contributed by atoms with Gasteiger partial charge in [0.05, 0.1) is 31.8 Å². The van der Waals surface area contributed by atoms with Crippen molar-refractivity contribution in [2.45, 2.75) is 12.0 Å². The number of amides is 2. The van der Waals surface area contributed by atoms with Crippen LogP contribution in [0.4, 0.5) is 4.39 Å². The van der Waals surface area contributed by atoms with Crippen LogP contribution in [0, 0.1) is 5.82 Å². The highest BCUT2D eigenvalue weighted by molar-refractivity contribution is 6.01. The van der Waals surface area contributed by atoms with Crippen LogP contribution in [0.3, 0.4) is 0 Å². The van der Waals surface area contributed by atoms with Crippen LogP contribution in [0.15, 0.2) is 48.5 Å². The Hall–Kier alpha value is -2.81. The van der Waals surface area contributed by atoms with Gasteiger partial charge in [-0.25, -0.2) is 4.39 Å². The molecule has 33 heavy (non-hydrogen) atoms. The highest BCUT2D eigenvalue weighted by atomic mass is 19.1. The van der Waals surface area contributed by atoms with E-state index in [9.17, 15) is 14.0 Å². The Morgan fingerprint density at radius 3 is 2.58 bits per heavy atom. The maximum Gasteiger partial charge on any atom is 0.254 e. The van der Waals surface area contributed by atoms with Gasteiger partial charge in [0, 0.05) is 45.4 Å². The highest BCUT2D eigenvalue weighted by Crippen LogP contribution is 2.42. The molecule has 2 aromatic rings. The maximum absolute atomic E-state index is 13.7. The number of hydrogen-bond acceptors (Lipinski definition) is 5. The summed E-state index contributed by atoms with van der Waals surface area (Å²) >= 11 is 0. The Bertz CT molecular complexity index is 962. The van der Waals surface area contributed by atoms with E-state index in [1.165, 1.54) is 12.1 Å². The first-order valence-electron chi connectivity index (χ1n) is 11.3. The van der Waals surface area contributed by atoms with Gasteiger partial charge in [-0.3, -0.25) is 14.5 Å². The van der Waals surface area contributed by atoms with E-state index in [2.05, 4.69) is 10.2 Å². The molecule has 0 unspecified atom stereocenters. The minimum Gasteiger partial charge on any atom is -0.383 e. The van der Waals surface area contributed by atoms with Crippen molar-refractivity contribution in [1.82, 2.24) is 15.1 Å². The fourth-order valence-electron chi connectivity index (χ4n) is 4.61. The van der Waals surface area contributed by atoms with E-state index in [1.54, 1.807) is 36.3 Å². The molecular formula is C25H30FN3O4. The van der Waals surface area contributed by atoms with Crippen molar-refractivity contribution in [3.8, 4) is 0 Å². The molecule has 0 saturated carbocycles. The fraction of sp³-hybridized carbons (Fsp3) is 0.440. The highest BCUT2D eigenvalue weighted by Gasteiger charge is 2.43. The van der Waals surface area contributed by atoms with Crippen molar-refractivity contribution in [2.24, 2.45) is 0 Å². The number of halogens is 1. The molecule has 2 aliphatic rings. The topological polar surface area (TPSA) is 71.1 Å². The number of ether oxygens (including phenoxy) is 2. The maximum atomic E-state index is 13.7. The fourth-order valence-corrected chi connectivity index (χ4v) is 4.61. The molecule has 176 valence electrons. The molecule has 0 aromatic heterocycles. The monoisotopic (exact) mass is 455 g/mol. The summed E-state index contributed by atoms with van der Waals surface area (Å²) < 4.78 is 24.3. The average Bonchev–Trinajstić information content (AvgIpc) is 2.84. The van der Waals surface area contributed by atoms with Crippen LogP contribution in [0.2, 0.25) is 0 Å². The number of nitrogens with one attached hydrogen (secondary N) is 1. The van der Waals surface area contributed by atoms with Crippen molar-refractivity contribution >= 4 is 11.8 Å². The second kappa shape index (κ2) is 10.9. The van der Waals surface area contributed by atoms with Crippen molar-refractivity contribution < 1.29 is 23.5 Å². The summed E-state index contributed by atoms with van der Waals surface area (Å²) in [5.74, 6) is -1.29. The van der Waals surface area contributed by atoms with Crippen LogP contribution in [0.25, 0.3) is 0 Å². The first-order valence-corrected chi connectivity index (χ1v) is 11.3. The van der Waals surface area contributed by atoms with E-state index < -0.39 is 12.0 Å². The van der Waals surface area contributed by atoms with E-state index in [4.69, 9.17) is 9.47 Å². The van der Waals surface area contributed by atoms with E-state index in [0.717, 1.165) is 19.6 Å². The lowest BCUT2D eigenvalue weighted by molar-refractivity contribution is -0.124. The summed E-state index contributed by atoms with van der Waals surface area (Å²) in [7, 11) is 1.57. The van der Waals surface area contributed by atoms with Crippen molar-refractivity contribution in [3.63, 3.8) is 0 Å². The molecule has 2 heterocycles. The number of nitrogens with zero attached hydrogens (tertiary/aromatic N) is 2. The third kappa shape index (κ3) is 5.24. The summed E-state index contributed by atoms with van der Waals surface area (Å²) in [6.07, 6.45) is 0. The molecule has 7 nitrogen and oxygen atoms in total. The average molecular weight is 456 g/mol. The Balaban J connectivity index is 1.64. The summed E-state index contributed by atoms with van der Waals surface area (Å²) in [4.78, 5) is 30.9. The molecule has 0 radical (unpaired) electrons. The van der Waals surface area contributed by atoms with Gasteiger partial charge in [-0.05, 0) is 29.3 Å². The number of benzene rings is 2. The normalized spacial score (nSPS) is 21.0. The first kappa shape index (κ1) is 23.4. The lowest BCUT2D eigenvalue weighted by Crippen LogP contribution is -2.49. The summed E-state index contributed by atoms with van der Waals surface area (Å²) in [5.41, 5.74) is 1.92. The van der Waals surface area contributed by atoms with Gasteiger partial charge in [0.25, 0.3) is 5.91 Å². The van der Waals surface area contributed by atoms with E-state index in [1.807, 2.05) is 12.1 Å². The minimum absolute atomic E-state index is 0.153. The summed E-state index contributed by atoms with van der Waals surface area (Å²) in [6.45, 7) is 4.98. The standard InChI is InChI=1S/C25H30FN3O4/c1-32-15-14-29-23(18-6-8-19(26)9-7-18)22(20-4-2-3-5-21(20)25(29)31)24(30)27-10-11-28-12-16-33-17-13-28/h2-9,22-23H,10-17H2,1H3,(H,27,30)/t22-,23+/m1/s1. The zero-order chi connectivity index (χ0) is 23.2. The molecule has 2 aromatic carbocycles. The number of carbonyl (C=O) groups is 2. The predicted octanol–water partition coefficient (Wildman–Crippen LogP) is 2.20. The molecular weight excluding hydrogens is 425 g/mol. The second-order valence-electron chi connectivity index (χ2n) is 8.30. The quantitative estimate of drug-likeness (QED) is 0.661. The van der Waals surface area contributed by atoms with E-state index in [0.29, 0.717) is 49.6 Å². The third-order valence-electron chi connectivity index (χ3n) is 6.30. The Morgan fingerprint density at radius 1 is 1.12 bits per heavy atom. The van der Waals surface area contributed by atoms with Gasteiger partial charge in [-0.1, -0.05) is 30.3 Å². The summed E-state index contributed by atoms with van der Waals surface area (Å²) in [6, 6.07) is 12.7. The first-order chi connectivity index (χ1) is 16.1. The van der Waals surface area contributed by atoms with Gasteiger partial charge in [0.2, 0.25) is 5.91 Å². The van der Waals surface area contributed by atoms with Crippen LogP contribution >= 0.6 is 0 Å². The molecule has 2 atom stereocenters. The third-order valence-corrected chi connectivity index (χ3v) is 6.30. The molecule has 2 amide bonds. The lowest BCUT2D eigenvalue weighted by atomic mass is 9.79. The van der Waals surface area contributed by atoms with Crippen molar-refractivity contribution in [2.75, 3.05) is 59.7 Å². The van der Waals surface area contributed by atoms with Crippen molar-refractivity contribution in [1.29, 1.82) is 0 Å². The zero-order valence-electron chi connectivity index (χ0n) is 18.8. The Morgan fingerprint density at radius 2 is 1.85 bits per heavy atom. The Labute approximate surface area is 193 Å². The second-order valence-corrected chi connectivity index (χ2v) is 8.30. The Kier molecular flexibility index (Phi) is 7.69. The molecule has 1 N–H and O–H groups in total. The van der Waals surface area contributed by atoms with E-state index in [-0.39, 0.29) is 17.6 Å². The van der Waals surface area contributed by atoms with Crippen LogP contribution in [0.1, 0.15) is 33.4 Å². The van der Waals surface area contributed by atoms with Crippen LogP contribution in [0.5, 0.6) is 0 Å². The molecule has 2 aliphatic heterocycles. The van der Waals surface area contributed by atoms with Gasteiger partial charge >= 0.3 is 0 Å². The smallest absolute Gasteiger partial charge is 0.254 e. The van der Waals surface area contributed by atoms with Gasteiger partial charge in [-0.2, -0.15) is 0 Å².